The smallest absolute Gasteiger partial charge is 0.311 e. The van der Waals surface area contributed by atoms with Crippen molar-refractivity contribution in [1.82, 2.24) is 4.57 Å². The van der Waals surface area contributed by atoms with Gasteiger partial charge < -0.3 is 14.4 Å². The van der Waals surface area contributed by atoms with Crippen LogP contribution in [-0.4, -0.2) is 21.2 Å². The van der Waals surface area contributed by atoms with Gasteiger partial charge in [-0.1, -0.05) is 12.1 Å². The molecule has 1 N–H and O–H groups in total. The van der Waals surface area contributed by atoms with Gasteiger partial charge in [0.05, 0.1) is 18.1 Å². The Morgan fingerprint density at radius 3 is 2.76 bits per heavy atom. The van der Waals surface area contributed by atoms with E-state index in [9.17, 15) is 14.9 Å². The van der Waals surface area contributed by atoms with Crippen molar-refractivity contribution in [3.63, 3.8) is 0 Å². The molecule has 2 rings (SSSR count). The van der Waals surface area contributed by atoms with E-state index in [0.29, 0.717) is 12.1 Å². The highest BCUT2D eigenvalue weighted by Gasteiger charge is 2.15. The highest BCUT2D eigenvalue weighted by Crippen LogP contribution is 2.27. The molecule has 0 aliphatic rings. The number of rotatable bonds is 6. The maximum absolute atomic E-state index is 11.5. The highest BCUT2D eigenvalue weighted by molar-refractivity contribution is 5.48. The van der Waals surface area contributed by atoms with E-state index in [1.54, 1.807) is 24.4 Å². The van der Waals surface area contributed by atoms with E-state index in [-0.39, 0.29) is 30.2 Å². The molecule has 21 heavy (non-hydrogen) atoms. The molecule has 0 fully saturated rings. The first-order valence-corrected chi connectivity index (χ1v) is 6.28. The quantitative estimate of drug-likeness (QED) is 0.639. The monoisotopic (exact) mass is 290 g/mol. The van der Waals surface area contributed by atoms with E-state index in [2.05, 4.69) is 0 Å². The maximum atomic E-state index is 11.5. The second kappa shape index (κ2) is 6.67. The number of nitro groups is 1. The third kappa shape index (κ3) is 3.67. The number of aliphatic hydroxyl groups excluding tert-OH is 1. The van der Waals surface area contributed by atoms with Crippen molar-refractivity contribution in [2.24, 2.45) is 0 Å². The number of nitro benzene ring substituents is 1. The van der Waals surface area contributed by atoms with E-state index in [1.807, 2.05) is 0 Å². The molecule has 1 aromatic carbocycles. The molecule has 1 heterocycles. The Labute approximate surface area is 120 Å². The molecule has 0 aliphatic carbocycles. The van der Waals surface area contributed by atoms with Crippen LogP contribution in [0.2, 0.25) is 0 Å². The van der Waals surface area contributed by atoms with Crippen molar-refractivity contribution in [1.29, 1.82) is 0 Å². The second-order valence-electron chi connectivity index (χ2n) is 4.30. The largest absolute Gasteiger partial charge is 0.485 e. The average molecular weight is 290 g/mol. The number of benzene rings is 1. The topological polar surface area (TPSA) is 94.6 Å². The Balaban J connectivity index is 2.08. The van der Waals surface area contributed by atoms with Gasteiger partial charge in [0, 0.05) is 18.3 Å². The van der Waals surface area contributed by atoms with Gasteiger partial charge in [-0.2, -0.15) is 0 Å². The summed E-state index contributed by atoms with van der Waals surface area (Å²) in [5.74, 6) is 0.112. The zero-order chi connectivity index (χ0) is 15.2. The number of ether oxygens (including phenoxy) is 1. The van der Waals surface area contributed by atoms with Crippen LogP contribution in [0.15, 0.2) is 47.4 Å². The summed E-state index contributed by atoms with van der Waals surface area (Å²) >= 11 is 0. The summed E-state index contributed by atoms with van der Waals surface area (Å²) in [7, 11) is 0. The molecular formula is C14H14N2O5. The molecule has 0 saturated carbocycles. The first kappa shape index (κ1) is 14.7. The number of nitrogens with zero attached hydrogens (tertiary/aromatic N) is 2. The first-order valence-electron chi connectivity index (χ1n) is 6.28. The molecule has 0 saturated heterocycles. The lowest BCUT2D eigenvalue weighted by molar-refractivity contribution is -0.386. The van der Waals surface area contributed by atoms with E-state index in [4.69, 9.17) is 9.84 Å². The number of hydrogen-bond acceptors (Lipinski definition) is 5. The molecule has 0 aliphatic heterocycles. The van der Waals surface area contributed by atoms with Crippen LogP contribution in [0.25, 0.3) is 0 Å². The third-order valence-electron chi connectivity index (χ3n) is 2.89. The van der Waals surface area contributed by atoms with Crippen LogP contribution in [-0.2, 0) is 13.2 Å². The lowest BCUT2D eigenvalue weighted by Gasteiger charge is -2.09. The lowest BCUT2D eigenvalue weighted by Crippen LogP contribution is -2.21. The molecule has 7 nitrogen and oxygen atoms in total. The molecule has 0 spiro atoms. The van der Waals surface area contributed by atoms with Crippen molar-refractivity contribution in [3.8, 4) is 5.75 Å². The normalized spacial score (nSPS) is 10.3. The Kier molecular flexibility index (Phi) is 4.68. The van der Waals surface area contributed by atoms with Crippen LogP contribution in [0.3, 0.4) is 0 Å². The first-order chi connectivity index (χ1) is 10.1. The molecule has 1 aromatic heterocycles. The standard InChI is InChI=1S/C14H14N2O5/c17-10-11-4-5-13(12(9-11)16(19)20)21-8-7-15-6-2-1-3-14(15)18/h1-6,9,17H,7-8,10H2. The molecule has 0 unspecified atom stereocenters. The Morgan fingerprint density at radius 1 is 1.29 bits per heavy atom. The van der Waals surface area contributed by atoms with Gasteiger partial charge in [0.15, 0.2) is 5.75 Å². The second-order valence-corrected chi connectivity index (χ2v) is 4.30. The fourth-order valence-electron chi connectivity index (χ4n) is 1.83. The van der Waals surface area contributed by atoms with Gasteiger partial charge >= 0.3 is 5.69 Å². The van der Waals surface area contributed by atoms with Crippen LogP contribution in [0.4, 0.5) is 5.69 Å². The molecule has 7 heteroatoms. The van der Waals surface area contributed by atoms with Crippen molar-refractivity contribution in [3.05, 3.63) is 68.6 Å². The van der Waals surface area contributed by atoms with E-state index in [1.165, 1.54) is 22.8 Å². The van der Waals surface area contributed by atoms with Gasteiger partial charge in [-0.15, -0.1) is 0 Å². The summed E-state index contributed by atoms with van der Waals surface area (Å²) < 4.78 is 6.83. The molecule has 0 atom stereocenters. The highest BCUT2D eigenvalue weighted by atomic mass is 16.6. The van der Waals surface area contributed by atoms with Crippen LogP contribution in [0.1, 0.15) is 5.56 Å². The predicted molar refractivity (Wildman–Crippen MR) is 75.2 cm³/mol. The molecule has 0 amide bonds. The number of aliphatic hydroxyl groups is 1. The van der Waals surface area contributed by atoms with Gasteiger partial charge in [-0.05, 0) is 17.7 Å². The van der Waals surface area contributed by atoms with E-state index < -0.39 is 4.92 Å². The van der Waals surface area contributed by atoms with Crippen LogP contribution < -0.4 is 10.3 Å². The summed E-state index contributed by atoms with van der Waals surface area (Å²) in [6.45, 7) is 0.141. The third-order valence-corrected chi connectivity index (χ3v) is 2.89. The minimum Gasteiger partial charge on any atom is -0.485 e. The molecule has 0 radical (unpaired) electrons. The van der Waals surface area contributed by atoms with Crippen molar-refractivity contribution >= 4 is 5.69 Å². The predicted octanol–water partition coefficient (Wildman–Crippen LogP) is 1.33. The summed E-state index contributed by atoms with van der Waals surface area (Å²) in [4.78, 5) is 21.9. The van der Waals surface area contributed by atoms with Gasteiger partial charge in [-0.25, -0.2) is 0 Å². The van der Waals surface area contributed by atoms with Crippen molar-refractivity contribution in [2.45, 2.75) is 13.2 Å². The molecule has 2 aromatic rings. The van der Waals surface area contributed by atoms with Gasteiger partial charge in [0.25, 0.3) is 5.56 Å². The Hall–Kier alpha value is -2.67. The van der Waals surface area contributed by atoms with Gasteiger partial charge in [0.2, 0.25) is 0 Å². The molecule has 0 bridgehead atoms. The van der Waals surface area contributed by atoms with Crippen LogP contribution >= 0.6 is 0 Å². The molecule has 110 valence electrons. The van der Waals surface area contributed by atoms with Crippen LogP contribution in [0, 0.1) is 10.1 Å². The van der Waals surface area contributed by atoms with Crippen molar-refractivity contribution in [2.75, 3.05) is 6.61 Å². The fraction of sp³-hybridized carbons (Fsp3) is 0.214. The minimum atomic E-state index is -0.566. The average Bonchev–Trinajstić information content (AvgIpc) is 2.49. The number of hydrogen-bond donors (Lipinski definition) is 1. The SMILES string of the molecule is O=c1ccccn1CCOc1ccc(CO)cc1[N+](=O)[O-]. The summed E-state index contributed by atoms with van der Waals surface area (Å²) in [6.07, 6.45) is 1.62. The summed E-state index contributed by atoms with van der Waals surface area (Å²) in [6, 6.07) is 9.05. The summed E-state index contributed by atoms with van der Waals surface area (Å²) in [5, 5.41) is 20.0. The maximum Gasteiger partial charge on any atom is 0.311 e. The lowest BCUT2D eigenvalue weighted by atomic mass is 10.2. The van der Waals surface area contributed by atoms with Gasteiger partial charge in [0.1, 0.15) is 6.61 Å². The number of aromatic nitrogens is 1. The summed E-state index contributed by atoms with van der Waals surface area (Å²) in [5.41, 5.74) is 0.0708. The Morgan fingerprint density at radius 2 is 2.10 bits per heavy atom. The van der Waals surface area contributed by atoms with E-state index in [0.717, 1.165) is 0 Å². The zero-order valence-corrected chi connectivity index (χ0v) is 11.1. The Bertz CT molecular complexity index is 696. The zero-order valence-electron chi connectivity index (χ0n) is 11.1. The van der Waals surface area contributed by atoms with E-state index >= 15 is 0 Å². The fourth-order valence-corrected chi connectivity index (χ4v) is 1.83. The van der Waals surface area contributed by atoms with Crippen molar-refractivity contribution < 1.29 is 14.8 Å². The molecular weight excluding hydrogens is 276 g/mol. The number of pyridine rings is 1. The minimum absolute atomic E-state index is 0.112. The van der Waals surface area contributed by atoms with Gasteiger partial charge in [-0.3, -0.25) is 14.9 Å². The van der Waals surface area contributed by atoms with Crippen LogP contribution in [0.5, 0.6) is 5.75 Å².